The maximum absolute atomic E-state index is 5.81. The fourth-order valence-corrected chi connectivity index (χ4v) is 2.88. The van der Waals surface area contributed by atoms with Gasteiger partial charge in [-0.15, -0.1) is 0 Å². The maximum atomic E-state index is 5.81. The zero-order valence-corrected chi connectivity index (χ0v) is 12.6. The summed E-state index contributed by atoms with van der Waals surface area (Å²) in [4.78, 5) is 4.44. The van der Waals surface area contributed by atoms with Crippen molar-refractivity contribution in [2.24, 2.45) is 10.4 Å². The van der Waals surface area contributed by atoms with E-state index in [2.05, 4.69) is 18.8 Å². The average molecular weight is 345 g/mol. The third kappa shape index (κ3) is 5.89. The molecule has 0 aliphatic carbocycles. The second-order valence-corrected chi connectivity index (χ2v) is 10.1. The minimum atomic E-state index is -1.65. The van der Waals surface area contributed by atoms with Crippen LogP contribution in [0.15, 0.2) is 35.3 Å². The van der Waals surface area contributed by atoms with Gasteiger partial charge < -0.3 is 0 Å². The van der Waals surface area contributed by atoms with Gasteiger partial charge in [0.05, 0.1) is 0 Å². The summed E-state index contributed by atoms with van der Waals surface area (Å²) in [6.07, 6.45) is 2.83. The Balaban J connectivity index is 2.65. The summed E-state index contributed by atoms with van der Waals surface area (Å²) in [5.74, 6) is 0. The molecular weight excluding hydrogens is 330 g/mol. The van der Waals surface area contributed by atoms with E-state index in [0.717, 1.165) is 12.1 Å². The van der Waals surface area contributed by atoms with Crippen molar-refractivity contribution in [3.05, 3.63) is 30.3 Å². The van der Waals surface area contributed by atoms with Gasteiger partial charge in [0.2, 0.25) is 0 Å². The first-order chi connectivity index (χ1) is 7.49. The molecule has 0 aliphatic heterocycles. The van der Waals surface area contributed by atoms with Gasteiger partial charge in [0.25, 0.3) is 0 Å². The molecule has 90 valence electrons. The number of hydrogen-bond donors (Lipinski definition) is 0. The van der Waals surface area contributed by atoms with Crippen LogP contribution in [0.25, 0.3) is 0 Å². The monoisotopic (exact) mass is 345 g/mol. The fraction of sp³-hybridized carbons (Fsp3) is 0.333. The molecule has 0 fully saturated rings. The Morgan fingerprint density at radius 3 is 2.44 bits per heavy atom. The van der Waals surface area contributed by atoms with Crippen molar-refractivity contribution >= 4 is 35.9 Å². The van der Waals surface area contributed by atoms with Crippen molar-refractivity contribution in [1.29, 1.82) is 0 Å². The molecule has 1 nitrogen and oxygen atoms in total. The van der Waals surface area contributed by atoms with Gasteiger partial charge in [-0.3, -0.25) is 0 Å². The number of rotatable bonds is 4. The van der Waals surface area contributed by atoms with E-state index in [1.54, 1.807) is 0 Å². The van der Waals surface area contributed by atoms with E-state index >= 15 is 0 Å². The number of benzene rings is 1. The molecule has 0 amide bonds. The minimum absolute atomic E-state index is 0.00594. The molecule has 16 heavy (non-hydrogen) atoms. The first-order valence-corrected chi connectivity index (χ1v) is 10.4. The van der Waals surface area contributed by atoms with E-state index in [1.165, 1.54) is 0 Å². The Kier molecular flexibility index (Phi) is 5.82. The van der Waals surface area contributed by atoms with Gasteiger partial charge in [0, 0.05) is 0 Å². The first kappa shape index (κ1) is 14.0. The van der Waals surface area contributed by atoms with Gasteiger partial charge in [-0.2, -0.15) is 0 Å². The quantitative estimate of drug-likeness (QED) is 0.562. The van der Waals surface area contributed by atoms with Crippen LogP contribution in [-0.4, -0.2) is 10.8 Å². The van der Waals surface area contributed by atoms with Crippen LogP contribution in [0.1, 0.15) is 20.3 Å². The van der Waals surface area contributed by atoms with Gasteiger partial charge in [0.1, 0.15) is 0 Å². The van der Waals surface area contributed by atoms with Gasteiger partial charge >= 0.3 is 110 Å². The summed E-state index contributed by atoms with van der Waals surface area (Å²) in [5, 5.41) is 0. The SMILES string of the molecule is CC(C)(C=Nc1ccccc1)C[CH]=[Ru]([Cl])[Cl]. The van der Waals surface area contributed by atoms with Crippen molar-refractivity contribution in [1.82, 2.24) is 0 Å². The van der Waals surface area contributed by atoms with E-state index in [4.69, 9.17) is 19.4 Å². The molecule has 0 heterocycles. The molecule has 0 bridgehead atoms. The number of hydrogen-bond acceptors (Lipinski definition) is 1. The second-order valence-electron chi connectivity index (χ2n) is 4.14. The van der Waals surface area contributed by atoms with E-state index in [-0.39, 0.29) is 5.41 Å². The van der Waals surface area contributed by atoms with Gasteiger partial charge in [-0.05, 0) is 0 Å². The molecule has 0 spiro atoms. The Morgan fingerprint density at radius 2 is 1.88 bits per heavy atom. The summed E-state index contributed by atoms with van der Waals surface area (Å²) in [5.41, 5.74) is 0.980. The second kappa shape index (κ2) is 6.64. The summed E-state index contributed by atoms with van der Waals surface area (Å²) >= 11 is -1.65. The first-order valence-electron chi connectivity index (χ1n) is 4.91. The average Bonchev–Trinajstić information content (AvgIpc) is 2.26. The number of halogens is 2. The van der Waals surface area contributed by atoms with Gasteiger partial charge in [-0.1, -0.05) is 0 Å². The molecule has 1 aromatic carbocycles. The molecule has 0 N–H and O–H groups in total. The molecule has 4 heteroatoms. The van der Waals surface area contributed by atoms with Crippen molar-refractivity contribution in [2.75, 3.05) is 0 Å². The van der Waals surface area contributed by atoms with Crippen LogP contribution in [0, 0.1) is 5.41 Å². The summed E-state index contributed by atoms with van der Waals surface area (Å²) in [6, 6.07) is 9.91. The summed E-state index contributed by atoms with van der Waals surface area (Å²) in [6.45, 7) is 4.25. The molecule has 1 aromatic rings. The molecule has 1 rings (SSSR count). The van der Waals surface area contributed by atoms with E-state index in [0.29, 0.717) is 0 Å². The molecule has 0 atom stereocenters. The van der Waals surface area contributed by atoms with Crippen LogP contribution in [0.5, 0.6) is 0 Å². The summed E-state index contributed by atoms with van der Waals surface area (Å²) in [7, 11) is 11.6. The van der Waals surface area contributed by atoms with Gasteiger partial charge in [0.15, 0.2) is 0 Å². The van der Waals surface area contributed by atoms with Crippen molar-refractivity contribution in [3.8, 4) is 0 Å². The Hall–Kier alpha value is -0.0366. The molecule has 0 saturated carbocycles. The van der Waals surface area contributed by atoms with Crippen LogP contribution in [0.4, 0.5) is 5.69 Å². The van der Waals surface area contributed by atoms with E-state index in [9.17, 15) is 0 Å². The molecule has 0 aliphatic rings. The molecule has 0 unspecified atom stereocenters. The number of aliphatic imine (C=N–C) groups is 1. The summed E-state index contributed by atoms with van der Waals surface area (Å²) < 4.78 is 2.02. The van der Waals surface area contributed by atoms with Crippen LogP contribution in [0.2, 0.25) is 0 Å². The van der Waals surface area contributed by atoms with E-state index in [1.807, 2.05) is 41.2 Å². The molecule has 0 saturated heterocycles. The van der Waals surface area contributed by atoms with Crippen LogP contribution in [-0.2, 0) is 13.5 Å². The third-order valence-electron chi connectivity index (χ3n) is 2.03. The normalized spacial score (nSPS) is 12.9. The predicted molar refractivity (Wildman–Crippen MR) is 70.8 cm³/mol. The third-order valence-corrected chi connectivity index (χ3v) is 4.21. The van der Waals surface area contributed by atoms with E-state index < -0.39 is 13.5 Å². The zero-order chi connectivity index (χ0) is 12.0. The Bertz CT molecular complexity index is 381. The molecule has 0 aromatic heterocycles. The molecular formula is C12H15Cl2NRu. The molecule has 0 radical (unpaired) electrons. The zero-order valence-electron chi connectivity index (χ0n) is 9.31. The predicted octanol–water partition coefficient (Wildman–Crippen LogP) is 4.53. The van der Waals surface area contributed by atoms with Crippen LogP contribution >= 0.6 is 19.4 Å². The van der Waals surface area contributed by atoms with Crippen molar-refractivity contribution < 1.29 is 13.5 Å². The number of para-hydroxylation sites is 1. The van der Waals surface area contributed by atoms with Crippen LogP contribution in [0.3, 0.4) is 0 Å². The Morgan fingerprint density at radius 1 is 1.25 bits per heavy atom. The topological polar surface area (TPSA) is 12.4 Å². The van der Waals surface area contributed by atoms with Crippen molar-refractivity contribution in [2.45, 2.75) is 20.3 Å². The van der Waals surface area contributed by atoms with Gasteiger partial charge in [-0.25, -0.2) is 0 Å². The van der Waals surface area contributed by atoms with Crippen LogP contribution < -0.4 is 0 Å². The Labute approximate surface area is 110 Å². The standard InChI is InChI=1S/C12H15N.2ClH.Ru/c1-4-12(2,3)10-13-11-8-6-5-7-9-11;;;/h1,5-10H,4H2,2-3H3;2*1H;/q;;;+2/p-2. The number of nitrogens with zero attached hydrogens (tertiary/aromatic N) is 1. The van der Waals surface area contributed by atoms with Crippen molar-refractivity contribution in [3.63, 3.8) is 0 Å². The fourth-order valence-electron chi connectivity index (χ4n) is 1.06.